The zero-order valence-corrected chi connectivity index (χ0v) is 13.6. The first-order valence-electron chi connectivity index (χ1n) is 7.42. The Morgan fingerprint density at radius 2 is 1.76 bits per heavy atom. The van der Waals surface area contributed by atoms with Crippen molar-refractivity contribution in [3.8, 4) is 17.2 Å². The number of rotatable bonds is 4. The molecular formula is C18H11ClN2O4. The maximum atomic E-state index is 11.3. The fraction of sp³-hybridized carbons (Fsp3) is 0.0556. The van der Waals surface area contributed by atoms with Crippen LogP contribution in [0.5, 0.6) is 5.75 Å². The van der Waals surface area contributed by atoms with Crippen LogP contribution >= 0.6 is 11.6 Å². The Morgan fingerprint density at radius 3 is 2.60 bits per heavy atom. The maximum Gasteiger partial charge on any atom is 0.336 e. The molecule has 25 heavy (non-hydrogen) atoms. The van der Waals surface area contributed by atoms with Gasteiger partial charge in [-0.25, -0.2) is 4.79 Å². The van der Waals surface area contributed by atoms with Gasteiger partial charge in [0.2, 0.25) is 5.89 Å². The summed E-state index contributed by atoms with van der Waals surface area (Å²) < 4.78 is 16.3. The second kappa shape index (κ2) is 6.41. The Morgan fingerprint density at radius 1 is 0.960 bits per heavy atom. The first kappa shape index (κ1) is 15.4. The average molecular weight is 355 g/mol. The predicted molar refractivity (Wildman–Crippen MR) is 91.6 cm³/mol. The Bertz CT molecular complexity index is 1090. The standard InChI is InChI=1S/C18H11ClN2O4/c19-13-5-1-12(2-6-13)18-21-20-16(25-18)10-23-14-7-3-11-4-8-17(22)24-15(11)9-14/h1-9H,10H2. The molecule has 0 atom stereocenters. The lowest BCUT2D eigenvalue weighted by molar-refractivity contribution is 0.264. The molecule has 0 spiro atoms. The largest absolute Gasteiger partial charge is 0.484 e. The van der Waals surface area contributed by atoms with E-state index < -0.39 is 5.63 Å². The molecule has 0 N–H and O–H groups in total. The molecule has 0 bridgehead atoms. The molecule has 0 fully saturated rings. The quantitative estimate of drug-likeness (QED) is 0.514. The molecule has 2 aromatic heterocycles. The lowest BCUT2D eigenvalue weighted by Crippen LogP contribution is -1.97. The predicted octanol–water partition coefficient (Wildman–Crippen LogP) is 4.08. The van der Waals surface area contributed by atoms with E-state index in [0.29, 0.717) is 28.1 Å². The molecule has 2 heterocycles. The third kappa shape index (κ3) is 3.39. The summed E-state index contributed by atoms with van der Waals surface area (Å²) in [5, 5.41) is 9.40. The second-order valence-electron chi connectivity index (χ2n) is 5.25. The van der Waals surface area contributed by atoms with Crippen LogP contribution in [-0.2, 0) is 6.61 Å². The fourth-order valence-corrected chi connectivity index (χ4v) is 2.42. The van der Waals surface area contributed by atoms with E-state index in [2.05, 4.69) is 10.2 Å². The normalized spacial score (nSPS) is 10.9. The van der Waals surface area contributed by atoms with Gasteiger partial charge in [0.05, 0.1) is 0 Å². The van der Waals surface area contributed by atoms with Crippen LogP contribution in [0.25, 0.3) is 22.4 Å². The molecule has 0 aliphatic rings. The number of fused-ring (bicyclic) bond motifs is 1. The summed E-state index contributed by atoms with van der Waals surface area (Å²) in [6.45, 7) is 0.100. The highest BCUT2D eigenvalue weighted by atomic mass is 35.5. The number of hydrogen-bond donors (Lipinski definition) is 0. The maximum absolute atomic E-state index is 11.3. The molecule has 6 nitrogen and oxygen atoms in total. The van der Waals surface area contributed by atoms with Crippen LogP contribution < -0.4 is 10.4 Å². The molecule has 2 aromatic carbocycles. The highest BCUT2D eigenvalue weighted by Gasteiger charge is 2.09. The summed E-state index contributed by atoms with van der Waals surface area (Å²) in [5.74, 6) is 1.26. The zero-order chi connectivity index (χ0) is 17.2. The van der Waals surface area contributed by atoms with E-state index >= 15 is 0 Å². The van der Waals surface area contributed by atoms with Gasteiger partial charge in [0.15, 0.2) is 6.61 Å². The van der Waals surface area contributed by atoms with E-state index in [9.17, 15) is 4.79 Å². The van der Waals surface area contributed by atoms with Crippen LogP contribution in [0.2, 0.25) is 5.02 Å². The van der Waals surface area contributed by atoms with Crippen molar-refractivity contribution in [1.82, 2.24) is 10.2 Å². The van der Waals surface area contributed by atoms with E-state index in [-0.39, 0.29) is 6.61 Å². The van der Waals surface area contributed by atoms with Crippen molar-refractivity contribution in [3.05, 3.63) is 75.9 Å². The highest BCUT2D eigenvalue weighted by Crippen LogP contribution is 2.22. The van der Waals surface area contributed by atoms with Gasteiger partial charge in [0, 0.05) is 28.1 Å². The lowest BCUT2D eigenvalue weighted by atomic mass is 10.2. The molecule has 4 aromatic rings. The van der Waals surface area contributed by atoms with Gasteiger partial charge in [0.25, 0.3) is 5.89 Å². The fourth-order valence-electron chi connectivity index (χ4n) is 2.30. The van der Waals surface area contributed by atoms with E-state index in [1.54, 1.807) is 48.5 Å². The van der Waals surface area contributed by atoms with Gasteiger partial charge in [-0.1, -0.05) is 11.6 Å². The van der Waals surface area contributed by atoms with Gasteiger partial charge in [-0.3, -0.25) is 0 Å². The number of ether oxygens (including phenoxy) is 1. The number of hydrogen-bond acceptors (Lipinski definition) is 6. The molecule has 4 rings (SSSR count). The number of benzene rings is 2. The second-order valence-corrected chi connectivity index (χ2v) is 5.69. The van der Waals surface area contributed by atoms with Crippen LogP contribution in [0.4, 0.5) is 0 Å². The van der Waals surface area contributed by atoms with Crippen molar-refractivity contribution in [2.24, 2.45) is 0 Å². The number of nitrogens with zero attached hydrogens (tertiary/aromatic N) is 2. The third-order valence-corrected chi connectivity index (χ3v) is 3.77. The molecule has 0 amide bonds. The van der Waals surface area contributed by atoms with Crippen LogP contribution in [-0.4, -0.2) is 10.2 Å². The summed E-state index contributed by atoms with van der Waals surface area (Å²) in [7, 11) is 0. The van der Waals surface area contributed by atoms with Crippen LogP contribution in [0.3, 0.4) is 0 Å². The Labute approximate surface area is 146 Å². The van der Waals surface area contributed by atoms with E-state index in [1.165, 1.54) is 6.07 Å². The summed E-state index contributed by atoms with van der Waals surface area (Å²) in [6.07, 6.45) is 0. The van der Waals surface area contributed by atoms with Crippen molar-refractivity contribution in [2.75, 3.05) is 0 Å². The van der Waals surface area contributed by atoms with Gasteiger partial charge in [-0.2, -0.15) is 0 Å². The minimum atomic E-state index is -0.408. The molecule has 0 saturated heterocycles. The molecule has 0 unspecified atom stereocenters. The summed E-state index contributed by atoms with van der Waals surface area (Å²) in [5.41, 5.74) is 0.821. The Balaban J connectivity index is 1.50. The Kier molecular flexibility index (Phi) is 3.95. The first-order chi connectivity index (χ1) is 12.2. The van der Waals surface area contributed by atoms with Gasteiger partial charge < -0.3 is 13.6 Å². The van der Waals surface area contributed by atoms with Crippen molar-refractivity contribution in [2.45, 2.75) is 6.61 Å². The lowest BCUT2D eigenvalue weighted by Gasteiger charge is -2.04. The number of halogens is 1. The van der Waals surface area contributed by atoms with Gasteiger partial charge >= 0.3 is 5.63 Å². The minimum absolute atomic E-state index is 0.100. The molecule has 0 aliphatic carbocycles. The van der Waals surface area contributed by atoms with Crippen LogP contribution in [0.1, 0.15) is 5.89 Å². The highest BCUT2D eigenvalue weighted by molar-refractivity contribution is 6.30. The summed E-state index contributed by atoms with van der Waals surface area (Å²) >= 11 is 5.86. The zero-order valence-electron chi connectivity index (χ0n) is 12.8. The molecule has 0 aliphatic heterocycles. The molecule has 124 valence electrons. The van der Waals surface area contributed by atoms with E-state index in [1.807, 2.05) is 0 Å². The minimum Gasteiger partial charge on any atom is -0.484 e. The van der Waals surface area contributed by atoms with Crippen LogP contribution in [0, 0.1) is 0 Å². The smallest absolute Gasteiger partial charge is 0.336 e. The van der Waals surface area contributed by atoms with Crippen molar-refractivity contribution < 1.29 is 13.6 Å². The van der Waals surface area contributed by atoms with E-state index in [4.69, 9.17) is 25.2 Å². The van der Waals surface area contributed by atoms with Crippen molar-refractivity contribution in [3.63, 3.8) is 0 Å². The summed E-state index contributed by atoms with van der Waals surface area (Å²) in [4.78, 5) is 11.3. The Hall–Kier alpha value is -3.12. The van der Waals surface area contributed by atoms with Crippen molar-refractivity contribution >= 4 is 22.6 Å². The molecule has 7 heteroatoms. The first-order valence-corrected chi connectivity index (χ1v) is 7.80. The van der Waals surface area contributed by atoms with Crippen LogP contribution in [0.15, 0.2) is 68.2 Å². The topological polar surface area (TPSA) is 78.4 Å². The van der Waals surface area contributed by atoms with E-state index in [0.717, 1.165) is 10.9 Å². The third-order valence-electron chi connectivity index (χ3n) is 3.51. The molecule has 0 radical (unpaired) electrons. The van der Waals surface area contributed by atoms with Gasteiger partial charge in [-0.05, 0) is 42.5 Å². The van der Waals surface area contributed by atoms with Crippen molar-refractivity contribution in [1.29, 1.82) is 0 Å². The van der Waals surface area contributed by atoms with Gasteiger partial charge in [-0.15, -0.1) is 10.2 Å². The molecular weight excluding hydrogens is 344 g/mol. The SMILES string of the molecule is O=c1ccc2ccc(OCc3nnc(-c4ccc(Cl)cc4)o3)cc2o1. The average Bonchev–Trinajstić information content (AvgIpc) is 3.09. The number of aromatic nitrogens is 2. The monoisotopic (exact) mass is 354 g/mol. The van der Waals surface area contributed by atoms with Gasteiger partial charge in [0.1, 0.15) is 11.3 Å². The summed E-state index contributed by atoms with van der Waals surface area (Å²) in [6, 6.07) is 15.4. The molecule has 0 saturated carbocycles.